The van der Waals surface area contributed by atoms with Crippen LogP contribution in [0.5, 0.6) is 0 Å². The van der Waals surface area contributed by atoms with E-state index in [1.165, 1.54) is 5.01 Å². The molecule has 0 saturated carbocycles. The zero-order valence-electron chi connectivity index (χ0n) is 8.27. The van der Waals surface area contributed by atoms with Gasteiger partial charge in [0, 0.05) is 23.7 Å². The summed E-state index contributed by atoms with van der Waals surface area (Å²) >= 11 is 3.30. The second kappa shape index (κ2) is 6.17. The second-order valence-electron chi connectivity index (χ2n) is 2.85. The monoisotopic (exact) mass is 261 g/mol. The maximum Gasteiger partial charge on any atom is 0.101 e. The van der Waals surface area contributed by atoms with Crippen molar-refractivity contribution < 1.29 is 0 Å². The minimum atomic E-state index is 0. The quantitative estimate of drug-likeness (QED) is 0.919. The van der Waals surface area contributed by atoms with Crippen LogP contribution in [0.15, 0.2) is 16.3 Å². The zero-order valence-corrected chi connectivity index (χ0v) is 10.7. The summed E-state index contributed by atoms with van der Waals surface area (Å²) in [5.74, 6) is 0. The Kier molecular flexibility index (Phi) is 5.17. The lowest BCUT2D eigenvalue weighted by molar-refractivity contribution is 0.788. The third kappa shape index (κ3) is 3.24. The molecule has 0 saturated heterocycles. The fourth-order valence-electron chi connectivity index (χ4n) is 1.11. The molecule has 1 N–H and O–H groups in total. The van der Waals surface area contributed by atoms with Crippen molar-refractivity contribution in [3.63, 3.8) is 0 Å². The van der Waals surface area contributed by atoms with Crippen LogP contribution in [0.25, 0.3) is 11.4 Å². The lowest BCUT2D eigenvalue weighted by Crippen LogP contribution is -2.09. The minimum absolute atomic E-state index is 0. The highest BCUT2D eigenvalue weighted by atomic mass is 35.5. The number of nitrogens with zero attached hydrogens (tertiary/aromatic N) is 2. The van der Waals surface area contributed by atoms with Crippen LogP contribution >= 0.6 is 35.1 Å². The number of thiazole rings is 2. The standard InChI is InChI=1S/C9H11N3S2.ClH/c1-10-3-2-9-12-8(5-14-9)7-4-13-6-11-7;/h4-6,10H,2-3H2,1H3;1H. The van der Waals surface area contributed by atoms with Crippen LogP contribution in [0, 0.1) is 0 Å². The van der Waals surface area contributed by atoms with Gasteiger partial charge in [-0.3, -0.25) is 0 Å². The van der Waals surface area contributed by atoms with Crippen LogP contribution in [-0.4, -0.2) is 23.6 Å². The first-order valence-corrected chi connectivity index (χ1v) is 6.20. The summed E-state index contributed by atoms with van der Waals surface area (Å²) in [4.78, 5) is 8.74. The number of aromatic nitrogens is 2. The third-order valence-corrected chi connectivity index (χ3v) is 3.33. The van der Waals surface area contributed by atoms with Gasteiger partial charge in [-0.25, -0.2) is 9.97 Å². The van der Waals surface area contributed by atoms with Gasteiger partial charge < -0.3 is 5.32 Å². The van der Waals surface area contributed by atoms with E-state index in [9.17, 15) is 0 Å². The fraction of sp³-hybridized carbons (Fsp3) is 0.333. The van der Waals surface area contributed by atoms with E-state index >= 15 is 0 Å². The van der Waals surface area contributed by atoms with Crippen molar-refractivity contribution in [2.24, 2.45) is 0 Å². The van der Waals surface area contributed by atoms with Gasteiger partial charge in [0.2, 0.25) is 0 Å². The van der Waals surface area contributed by atoms with E-state index in [-0.39, 0.29) is 12.4 Å². The summed E-state index contributed by atoms with van der Waals surface area (Å²) in [6.45, 7) is 0.976. The van der Waals surface area contributed by atoms with Gasteiger partial charge in [-0.05, 0) is 7.05 Å². The molecule has 6 heteroatoms. The first kappa shape index (κ1) is 12.6. The molecule has 2 aromatic heterocycles. The Bertz CT molecular complexity index is 386. The van der Waals surface area contributed by atoms with Crippen molar-refractivity contribution in [3.05, 3.63) is 21.3 Å². The lowest BCUT2D eigenvalue weighted by atomic mass is 10.4. The number of nitrogens with one attached hydrogen (secondary N) is 1. The predicted octanol–water partition coefficient (Wildman–Crippen LogP) is 2.45. The molecule has 2 aromatic rings. The first-order chi connectivity index (χ1) is 6.90. The topological polar surface area (TPSA) is 37.8 Å². The van der Waals surface area contributed by atoms with Gasteiger partial charge in [-0.1, -0.05) is 0 Å². The van der Waals surface area contributed by atoms with Crippen molar-refractivity contribution in [1.82, 2.24) is 15.3 Å². The van der Waals surface area contributed by atoms with Crippen LogP contribution in [0.1, 0.15) is 5.01 Å². The average molecular weight is 262 g/mol. The molecule has 0 amide bonds. The molecule has 0 spiro atoms. The number of hydrogen-bond acceptors (Lipinski definition) is 5. The molecule has 3 nitrogen and oxygen atoms in total. The molecule has 15 heavy (non-hydrogen) atoms. The number of halogens is 1. The third-order valence-electron chi connectivity index (χ3n) is 1.84. The molecule has 0 aliphatic carbocycles. The van der Waals surface area contributed by atoms with E-state index < -0.39 is 0 Å². The Balaban J connectivity index is 0.00000112. The molecule has 0 aromatic carbocycles. The molecular formula is C9H12ClN3S2. The van der Waals surface area contributed by atoms with E-state index in [0.717, 1.165) is 24.4 Å². The van der Waals surface area contributed by atoms with Crippen molar-refractivity contribution in [2.75, 3.05) is 13.6 Å². The molecule has 0 atom stereocenters. The summed E-state index contributed by atoms with van der Waals surface area (Å²) in [5.41, 5.74) is 3.83. The minimum Gasteiger partial charge on any atom is -0.319 e. The van der Waals surface area contributed by atoms with E-state index in [1.807, 2.05) is 17.9 Å². The van der Waals surface area contributed by atoms with Crippen LogP contribution in [0.4, 0.5) is 0 Å². The molecule has 2 heterocycles. The average Bonchev–Trinajstić information content (AvgIpc) is 2.85. The van der Waals surface area contributed by atoms with Crippen LogP contribution in [0.2, 0.25) is 0 Å². The second-order valence-corrected chi connectivity index (χ2v) is 4.52. The molecule has 0 aliphatic heterocycles. The van der Waals surface area contributed by atoms with Crippen molar-refractivity contribution in [1.29, 1.82) is 0 Å². The predicted molar refractivity (Wildman–Crippen MR) is 68.1 cm³/mol. The smallest absolute Gasteiger partial charge is 0.101 e. The van der Waals surface area contributed by atoms with Gasteiger partial charge >= 0.3 is 0 Å². The highest BCUT2D eigenvalue weighted by Crippen LogP contribution is 2.21. The van der Waals surface area contributed by atoms with Crippen molar-refractivity contribution >= 4 is 35.1 Å². The summed E-state index contributed by atoms with van der Waals surface area (Å²) in [7, 11) is 1.95. The molecule has 0 fully saturated rings. The van der Waals surface area contributed by atoms with Gasteiger partial charge in [-0.15, -0.1) is 35.1 Å². The van der Waals surface area contributed by atoms with E-state index in [1.54, 1.807) is 22.7 Å². The number of hydrogen-bond donors (Lipinski definition) is 1. The maximum absolute atomic E-state index is 4.51. The van der Waals surface area contributed by atoms with E-state index in [2.05, 4.69) is 20.7 Å². The summed E-state index contributed by atoms with van der Waals surface area (Å²) < 4.78 is 0. The normalized spacial score (nSPS) is 9.93. The van der Waals surface area contributed by atoms with Gasteiger partial charge in [0.15, 0.2) is 0 Å². The van der Waals surface area contributed by atoms with Crippen molar-refractivity contribution in [2.45, 2.75) is 6.42 Å². The van der Waals surface area contributed by atoms with Crippen LogP contribution < -0.4 is 5.32 Å². The van der Waals surface area contributed by atoms with E-state index in [0.29, 0.717) is 0 Å². The molecule has 0 unspecified atom stereocenters. The zero-order chi connectivity index (χ0) is 9.80. The maximum atomic E-state index is 4.51. The molecule has 0 radical (unpaired) electrons. The van der Waals surface area contributed by atoms with Gasteiger partial charge in [0.1, 0.15) is 11.4 Å². The Morgan fingerprint density at radius 3 is 2.87 bits per heavy atom. The summed E-state index contributed by atoms with van der Waals surface area (Å²) in [6.07, 6.45) is 0.991. The van der Waals surface area contributed by atoms with Crippen molar-refractivity contribution in [3.8, 4) is 11.4 Å². The Labute approximate surface area is 103 Å². The van der Waals surface area contributed by atoms with Gasteiger partial charge in [0.05, 0.1) is 10.5 Å². The van der Waals surface area contributed by atoms with Gasteiger partial charge in [-0.2, -0.15) is 0 Å². The summed E-state index contributed by atoms with van der Waals surface area (Å²) in [6, 6.07) is 0. The molecule has 0 aliphatic rings. The molecule has 2 rings (SSSR count). The fourth-order valence-corrected chi connectivity index (χ4v) is 2.45. The molecular weight excluding hydrogens is 250 g/mol. The molecule has 0 bridgehead atoms. The Hall–Kier alpha value is -0.490. The van der Waals surface area contributed by atoms with E-state index in [4.69, 9.17) is 0 Å². The highest BCUT2D eigenvalue weighted by Gasteiger charge is 2.05. The highest BCUT2D eigenvalue weighted by molar-refractivity contribution is 7.10. The van der Waals surface area contributed by atoms with Gasteiger partial charge in [0.25, 0.3) is 0 Å². The number of rotatable bonds is 4. The van der Waals surface area contributed by atoms with Crippen LogP contribution in [-0.2, 0) is 6.42 Å². The lowest BCUT2D eigenvalue weighted by Gasteiger charge is -1.93. The largest absolute Gasteiger partial charge is 0.319 e. The molecule has 82 valence electrons. The Morgan fingerprint density at radius 2 is 2.20 bits per heavy atom. The first-order valence-electron chi connectivity index (χ1n) is 4.37. The summed E-state index contributed by atoms with van der Waals surface area (Å²) in [5, 5.41) is 8.38. The Morgan fingerprint density at radius 1 is 1.33 bits per heavy atom. The SMILES string of the molecule is CNCCc1nc(-c2cscn2)cs1.Cl. The number of likely N-dealkylation sites (N-methyl/N-ethyl adjacent to an activating group) is 1. The van der Waals surface area contributed by atoms with Crippen LogP contribution in [0.3, 0.4) is 0 Å².